The van der Waals surface area contributed by atoms with E-state index in [4.69, 9.17) is 0 Å². The van der Waals surface area contributed by atoms with Gasteiger partial charge in [0.05, 0.1) is 0 Å². The number of fused-ring (bicyclic) bond motifs is 3. The Labute approximate surface area is 137 Å². The largest absolute Gasteiger partial charge is 0.303 e. The fraction of sp³-hybridized carbons (Fsp3) is 0.500. The van der Waals surface area contributed by atoms with Crippen molar-refractivity contribution in [1.29, 1.82) is 0 Å². The average molecular weight is 311 g/mol. The number of hydrogen-bond donors (Lipinski definition) is 0. The van der Waals surface area contributed by atoms with Gasteiger partial charge in [0, 0.05) is 16.1 Å². The minimum absolute atomic E-state index is 0.555. The number of likely N-dealkylation sites (N-methyl/N-ethyl adjacent to an activating group) is 1. The smallest absolute Gasteiger partial charge is 0.0351 e. The molecule has 0 amide bonds. The number of rotatable bonds is 3. The van der Waals surface area contributed by atoms with Crippen LogP contribution in [0.2, 0.25) is 0 Å². The van der Waals surface area contributed by atoms with Crippen LogP contribution in [0.3, 0.4) is 0 Å². The molecule has 22 heavy (non-hydrogen) atoms. The number of nitrogens with zero attached hydrogens (tertiary/aromatic N) is 1. The molecule has 1 fully saturated rings. The highest BCUT2D eigenvalue weighted by atomic mass is 32.1. The first-order chi connectivity index (χ1) is 10.6. The lowest BCUT2D eigenvalue weighted by Crippen LogP contribution is -2.29. The summed E-state index contributed by atoms with van der Waals surface area (Å²) in [7, 11) is 4.44. The molecule has 2 aromatic rings. The zero-order chi connectivity index (χ0) is 15.4. The number of allylic oxidation sites excluding steroid dienone is 1. The molecule has 0 aliphatic heterocycles. The van der Waals surface area contributed by atoms with Gasteiger partial charge in [0.25, 0.3) is 0 Å². The van der Waals surface area contributed by atoms with Crippen molar-refractivity contribution in [3.63, 3.8) is 0 Å². The fourth-order valence-electron chi connectivity index (χ4n) is 4.67. The van der Waals surface area contributed by atoms with Gasteiger partial charge in [0.15, 0.2) is 0 Å². The minimum Gasteiger partial charge on any atom is -0.303 e. The highest BCUT2D eigenvalue weighted by molar-refractivity contribution is 7.17. The second kappa shape index (κ2) is 5.21. The highest BCUT2D eigenvalue weighted by Gasteiger charge is 2.42. The molecule has 3 unspecified atom stereocenters. The maximum absolute atomic E-state index is 2.39. The van der Waals surface area contributed by atoms with Gasteiger partial charge in [-0.25, -0.2) is 0 Å². The average Bonchev–Trinajstić information content (AvgIpc) is 3.20. The quantitative estimate of drug-likeness (QED) is 0.739. The van der Waals surface area contributed by atoms with Crippen LogP contribution in [0, 0.1) is 18.8 Å². The maximum atomic E-state index is 2.39. The molecule has 2 aliphatic carbocycles. The lowest BCUT2D eigenvalue weighted by molar-refractivity contribution is 0.331. The lowest BCUT2D eigenvalue weighted by Gasteiger charge is -2.30. The summed E-state index contributed by atoms with van der Waals surface area (Å²) in [6, 6.07) is 7.46. The van der Waals surface area contributed by atoms with Gasteiger partial charge in [0.2, 0.25) is 0 Å². The van der Waals surface area contributed by atoms with E-state index in [9.17, 15) is 0 Å². The van der Waals surface area contributed by atoms with Crippen LogP contribution in [-0.4, -0.2) is 25.0 Å². The molecule has 4 rings (SSSR count). The van der Waals surface area contributed by atoms with E-state index in [0.717, 1.165) is 11.8 Å². The van der Waals surface area contributed by atoms with Crippen molar-refractivity contribution in [2.24, 2.45) is 11.8 Å². The van der Waals surface area contributed by atoms with Crippen LogP contribution in [0.1, 0.15) is 37.3 Å². The first-order valence-electron chi connectivity index (χ1n) is 8.45. The van der Waals surface area contributed by atoms with Crippen LogP contribution < -0.4 is 0 Å². The Morgan fingerprint density at radius 1 is 1.18 bits per heavy atom. The van der Waals surface area contributed by atoms with E-state index >= 15 is 0 Å². The van der Waals surface area contributed by atoms with Crippen molar-refractivity contribution in [2.75, 3.05) is 14.1 Å². The second-order valence-electron chi connectivity index (χ2n) is 7.31. The Morgan fingerprint density at radius 3 is 2.73 bits per heavy atom. The van der Waals surface area contributed by atoms with Crippen LogP contribution >= 0.6 is 11.3 Å². The molecule has 3 atom stereocenters. The van der Waals surface area contributed by atoms with Gasteiger partial charge in [-0.3, -0.25) is 0 Å². The molecule has 1 nitrogen and oxygen atoms in total. The lowest BCUT2D eigenvalue weighted by atomic mass is 9.82. The predicted octanol–water partition coefficient (Wildman–Crippen LogP) is 5.34. The number of hydrogen-bond acceptors (Lipinski definition) is 2. The molecule has 0 radical (unpaired) electrons. The number of benzene rings is 1. The van der Waals surface area contributed by atoms with Gasteiger partial charge in [-0.05, 0) is 92.8 Å². The summed E-state index contributed by atoms with van der Waals surface area (Å²) in [5.41, 5.74) is 6.42. The minimum atomic E-state index is 0.555. The molecule has 1 aromatic carbocycles. The van der Waals surface area contributed by atoms with Crippen LogP contribution in [0.25, 0.3) is 15.7 Å². The van der Waals surface area contributed by atoms with E-state index in [1.807, 2.05) is 11.3 Å². The van der Waals surface area contributed by atoms with E-state index in [1.54, 1.807) is 11.1 Å². The Hall–Kier alpha value is -1.12. The summed E-state index contributed by atoms with van der Waals surface area (Å²) >= 11 is 1.89. The summed E-state index contributed by atoms with van der Waals surface area (Å²) < 4.78 is 1.45. The molecule has 0 N–H and O–H groups in total. The molecule has 116 valence electrons. The first kappa shape index (κ1) is 14.5. The summed E-state index contributed by atoms with van der Waals surface area (Å²) in [6.07, 6.45) is 4.19. The molecule has 0 saturated heterocycles. The molecular weight excluding hydrogens is 286 g/mol. The van der Waals surface area contributed by atoms with E-state index in [2.05, 4.69) is 56.4 Å². The molecule has 2 heteroatoms. The van der Waals surface area contributed by atoms with Gasteiger partial charge >= 0.3 is 0 Å². The van der Waals surface area contributed by atoms with Crippen molar-refractivity contribution in [3.05, 3.63) is 40.3 Å². The zero-order valence-corrected chi connectivity index (χ0v) is 14.8. The third-order valence-corrected chi connectivity index (χ3v) is 6.96. The molecular formula is C20H25NS. The van der Waals surface area contributed by atoms with E-state index in [0.29, 0.717) is 6.04 Å². The molecule has 1 heterocycles. The number of thiophene rings is 1. The standard InChI is InChI=1S/C20H25NS/c1-12-11-22-17-7-5-6-16(18(12)17)20-15-9-8-14(10-15)19(20)13(2)21(3)4/h5-7,11,13-15H,8-10H2,1-4H3. The van der Waals surface area contributed by atoms with Gasteiger partial charge < -0.3 is 4.90 Å². The Balaban J connectivity index is 1.96. The molecule has 2 bridgehead atoms. The second-order valence-corrected chi connectivity index (χ2v) is 8.22. The zero-order valence-electron chi connectivity index (χ0n) is 14.0. The molecule has 0 spiro atoms. The van der Waals surface area contributed by atoms with E-state index < -0.39 is 0 Å². The van der Waals surface area contributed by atoms with Crippen LogP contribution in [0.15, 0.2) is 29.2 Å². The van der Waals surface area contributed by atoms with Crippen LogP contribution in [0.4, 0.5) is 0 Å². The first-order valence-corrected chi connectivity index (χ1v) is 9.33. The summed E-state index contributed by atoms with van der Waals surface area (Å²) in [5.74, 6) is 1.62. The summed E-state index contributed by atoms with van der Waals surface area (Å²) in [4.78, 5) is 2.39. The van der Waals surface area contributed by atoms with Crippen LogP contribution in [-0.2, 0) is 0 Å². The van der Waals surface area contributed by atoms with Gasteiger partial charge in [0.1, 0.15) is 0 Å². The third-order valence-electron chi connectivity index (χ3n) is 5.89. The number of aryl methyl sites for hydroxylation is 1. The van der Waals surface area contributed by atoms with E-state index in [-0.39, 0.29) is 0 Å². The van der Waals surface area contributed by atoms with Crippen molar-refractivity contribution >= 4 is 27.0 Å². The summed E-state index contributed by atoms with van der Waals surface area (Å²) in [5, 5.41) is 3.83. The highest BCUT2D eigenvalue weighted by Crippen LogP contribution is 2.55. The Morgan fingerprint density at radius 2 is 1.95 bits per heavy atom. The third kappa shape index (κ3) is 2.00. The molecule has 2 aliphatic rings. The van der Waals surface area contributed by atoms with Crippen molar-refractivity contribution in [2.45, 2.75) is 39.2 Å². The predicted molar refractivity (Wildman–Crippen MR) is 97.5 cm³/mol. The van der Waals surface area contributed by atoms with Crippen molar-refractivity contribution in [1.82, 2.24) is 4.90 Å². The monoisotopic (exact) mass is 311 g/mol. The van der Waals surface area contributed by atoms with E-state index in [1.165, 1.54) is 40.5 Å². The van der Waals surface area contributed by atoms with Gasteiger partial charge in [-0.15, -0.1) is 11.3 Å². The summed E-state index contributed by atoms with van der Waals surface area (Å²) in [6.45, 7) is 4.65. The van der Waals surface area contributed by atoms with Crippen LogP contribution in [0.5, 0.6) is 0 Å². The van der Waals surface area contributed by atoms with Gasteiger partial charge in [-0.1, -0.05) is 12.1 Å². The van der Waals surface area contributed by atoms with Crippen molar-refractivity contribution < 1.29 is 0 Å². The Kier molecular flexibility index (Phi) is 3.43. The topological polar surface area (TPSA) is 3.24 Å². The maximum Gasteiger partial charge on any atom is 0.0351 e. The normalized spacial score (nSPS) is 25.7. The Bertz CT molecular complexity index is 752. The SMILES string of the molecule is Cc1csc2cccc(C3=C(C(C)N(C)C)C4CCC3C4)c12. The van der Waals surface area contributed by atoms with Crippen molar-refractivity contribution in [3.8, 4) is 0 Å². The molecule has 1 saturated carbocycles. The van der Waals surface area contributed by atoms with Gasteiger partial charge in [-0.2, -0.15) is 0 Å². The molecule has 1 aromatic heterocycles. The fourth-order valence-corrected chi connectivity index (χ4v) is 5.64.